The van der Waals surface area contributed by atoms with Crippen LogP contribution in [0, 0.1) is 0 Å². The maximum Gasteiger partial charge on any atom is 0.133 e. The third kappa shape index (κ3) is 2.40. The molecule has 3 nitrogen and oxygen atoms in total. The summed E-state index contributed by atoms with van der Waals surface area (Å²) in [5.74, 6) is 1.09. The topological polar surface area (TPSA) is 29.9 Å². The van der Waals surface area contributed by atoms with E-state index < -0.39 is 0 Å². The molecule has 0 aliphatic carbocycles. The van der Waals surface area contributed by atoms with Crippen LogP contribution in [0.15, 0.2) is 18.2 Å². The second-order valence-corrected chi connectivity index (χ2v) is 5.86. The van der Waals surface area contributed by atoms with Gasteiger partial charge in [0.25, 0.3) is 0 Å². The summed E-state index contributed by atoms with van der Waals surface area (Å²) in [5, 5.41) is 9.50. The molecule has 0 saturated heterocycles. The smallest absolute Gasteiger partial charge is 0.133 e. The number of benzene rings is 1. The highest BCUT2D eigenvalue weighted by atomic mass is 35.5. The van der Waals surface area contributed by atoms with Crippen molar-refractivity contribution in [1.82, 2.24) is 9.78 Å². The third-order valence-corrected chi connectivity index (χ3v) is 4.22. The maximum atomic E-state index is 6.33. The van der Waals surface area contributed by atoms with Gasteiger partial charge in [-0.2, -0.15) is 5.10 Å². The number of hydrogen-bond donors (Lipinski definition) is 1. The second kappa shape index (κ2) is 5.66. The second-order valence-electron chi connectivity index (χ2n) is 5.02. The zero-order chi connectivity index (χ0) is 14.1. The van der Waals surface area contributed by atoms with Crippen molar-refractivity contribution in [2.75, 3.05) is 11.9 Å². The lowest BCUT2D eigenvalue weighted by molar-refractivity contribution is 0.765. The fourth-order valence-corrected chi connectivity index (χ4v) is 3.17. The molecule has 2 heterocycles. The summed E-state index contributed by atoms with van der Waals surface area (Å²) in [6.45, 7) is 3.12. The average molecular weight is 310 g/mol. The van der Waals surface area contributed by atoms with Gasteiger partial charge in [0, 0.05) is 17.1 Å². The molecule has 0 saturated carbocycles. The maximum absolute atomic E-state index is 6.33. The fourth-order valence-electron chi connectivity index (χ4n) is 2.68. The number of rotatable bonds is 2. The zero-order valence-electron chi connectivity index (χ0n) is 11.4. The number of fused-ring (bicyclic) bond motifs is 1. The summed E-state index contributed by atoms with van der Waals surface area (Å²) in [6.07, 6.45) is 4.40. The number of aromatic nitrogens is 2. The molecule has 1 aromatic heterocycles. The molecule has 0 spiro atoms. The first-order valence-corrected chi connectivity index (χ1v) is 7.76. The Morgan fingerprint density at radius 1 is 1.30 bits per heavy atom. The van der Waals surface area contributed by atoms with Gasteiger partial charge in [-0.25, -0.2) is 4.68 Å². The quantitative estimate of drug-likeness (QED) is 0.885. The Balaban J connectivity index is 2.16. The highest BCUT2D eigenvalue weighted by molar-refractivity contribution is 6.35. The molecule has 3 rings (SSSR count). The Bertz CT molecular complexity index is 634. The number of halogens is 2. The van der Waals surface area contributed by atoms with Crippen molar-refractivity contribution in [3.8, 4) is 5.69 Å². The van der Waals surface area contributed by atoms with Crippen LogP contribution in [-0.4, -0.2) is 16.3 Å². The molecule has 1 aliphatic heterocycles. The van der Waals surface area contributed by atoms with Gasteiger partial charge in [-0.15, -0.1) is 0 Å². The summed E-state index contributed by atoms with van der Waals surface area (Å²) in [4.78, 5) is 0. The molecule has 0 fully saturated rings. The summed E-state index contributed by atoms with van der Waals surface area (Å²) in [7, 11) is 0. The first kappa shape index (κ1) is 13.8. The first-order valence-electron chi connectivity index (χ1n) is 7.00. The Labute approximate surface area is 128 Å². The summed E-state index contributed by atoms with van der Waals surface area (Å²) < 4.78 is 1.93. The molecule has 0 unspecified atom stereocenters. The standard InChI is InChI=1S/C15H17Cl2N3/c1-2-13-11-5-3-4-8-18-15(11)20(19-13)14-7-6-10(16)9-12(14)17/h6-7,9,18H,2-5,8H2,1H3. The van der Waals surface area contributed by atoms with Crippen LogP contribution in [-0.2, 0) is 12.8 Å². The number of anilines is 1. The van der Waals surface area contributed by atoms with Gasteiger partial charge in [-0.1, -0.05) is 30.1 Å². The van der Waals surface area contributed by atoms with Crippen LogP contribution in [0.1, 0.15) is 31.0 Å². The summed E-state index contributed by atoms with van der Waals surface area (Å²) in [6, 6.07) is 5.53. The minimum Gasteiger partial charge on any atom is -0.370 e. The molecule has 0 atom stereocenters. The van der Waals surface area contributed by atoms with Crippen molar-refractivity contribution in [1.29, 1.82) is 0 Å². The van der Waals surface area contributed by atoms with E-state index in [4.69, 9.17) is 28.3 Å². The minimum atomic E-state index is 0.622. The van der Waals surface area contributed by atoms with Crippen LogP contribution >= 0.6 is 23.2 Å². The lowest BCUT2D eigenvalue weighted by Crippen LogP contribution is -2.07. The van der Waals surface area contributed by atoms with Crippen LogP contribution in [0.25, 0.3) is 5.69 Å². The molecule has 1 aliphatic rings. The molecule has 2 aromatic rings. The van der Waals surface area contributed by atoms with E-state index in [0.717, 1.165) is 36.6 Å². The van der Waals surface area contributed by atoms with Crippen molar-refractivity contribution >= 4 is 29.0 Å². The average Bonchev–Trinajstić information content (AvgIpc) is 2.60. The van der Waals surface area contributed by atoms with Gasteiger partial charge in [-0.05, 0) is 43.9 Å². The van der Waals surface area contributed by atoms with Crippen LogP contribution in [0.4, 0.5) is 5.82 Å². The molecule has 0 bridgehead atoms. The molecule has 20 heavy (non-hydrogen) atoms. The van der Waals surface area contributed by atoms with Gasteiger partial charge >= 0.3 is 0 Å². The molecular weight excluding hydrogens is 293 g/mol. The van der Waals surface area contributed by atoms with Gasteiger partial charge in [0.2, 0.25) is 0 Å². The molecule has 1 N–H and O–H groups in total. The first-order chi connectivity index (χ1) is 9.70. The molecule has 106 valence electrons. The third-order valence-electron chi connectivity index (χ3n) is 3.69. The SMILES string of the molecule is CCc1nn(-c2ccc(Cl)cc2Cl)c2c1CCCCN2. The van der Waals surface area contributed by atoms with E-state index in [1.807, 2.05) is 16.8 Å². The highest BCUT2D eigenvalue weighted by Crippen LogP contribution is 2.32. The van der Waals surface area contributed by atoms with Crippen LogP contribution in [0.2, 0.25) is 10.0 Å². The van der Waals surface area contributed by atoms with Gasteiger partial charge in [0.1, 0.15) is 5.82 Å². The number of hydrogen-bond acceptors (Lipinski definition) is 2. The minimum absolute atomic E-state index is 0.622. The van der Waals surface area contributed by atoms with Gasteiger partial charge < -0.3 is 5.32 Å². The number of nitrogens with zero attached hydrogens (tertiary/aromatic N) is 2. The van der Waals surface area contributed by atoms with Crippen LogP contribution < -0.4 is 5.32 Å². The predicted octanol–water partition coefficient (Wildman–Crippen LogP) is 4.49. The van der Waals surface area contributed by atoms with Crippen molar-refractivity contribution in [3.05, 3.63) is 39.5 Å². The van der Waals surface area contributed by atoms with E-state index >= 15 is 0 Å². The predicted molar refractivity (Wildman–Crippen MR) is 84.4 cm³/mol. The summed E-state index contributed by atoms with van der Waals surface area (Å²) >= 11 is 12.3. The largest absolute Gasteiger partial charge is 0.370 e. The molecule has 1 aromatic carbocycles. The lowest BCUT2D eigenvalue weighted by Gasteiger charge is -2.11. The Morgan fingerprint density at radius 3 is 2.90 bits per heavy atom. The molecule has 0 radical (unpaired) electrons. The van der Waals surface area contributed by atoms with Crippen molar-refractivity contribution in [2.45, 2.75) is 32.6 Å². The van der Waals surface area contributed by atoms with Gasteiger partial charge in [-0.3, -0.25) is 0 Å². The molecular formula is C15H17Cl2N3. The van der Waals surface area contributed by atoms with E-state index in [2.05, 4.69) is 12.2 Å². The number of aryl methyl sites for hydroxylation is 1. The van der Waals surface area contributed by atoms with Crippen LogP contribution in [0.3, 0.4) is 0 Å². The lowest BCUT2D eigenvalue weighted by atomic mass is 10.1. The van der Waals surface area contributed by atoms with Crippen LogP contribution in [0.5, 0.6) is 0 Å². The van der Waals surface area contributed by atoms with E-state index in [-0.39, 0.29) is 0 Å². The normalized spacial score (nSPS) is 14.6. The Morgan fingerprint density at radius 2 is 2.15 bits per heavy atom. The number of nitrogens with one attached hydrogen (secondary N) is 1. The van der Waals surface area contributed by atoms with Crippen molar-refractivity contribution < 1.29 is 0 Å². The van der Waals surface area contributed by atoms with E-state index in [1.165, 1.54) is 18.4 Å². The molecule has 0 amide bonds. The van der Waals surface area contributed by atoms with E-state index in [1.54, 1.807) is 6.07 Å². The zero-order valence-corrected chi connectivity index (χ0v) is 12.9. The van der Waals surface area contributed by atoms with Crippen molar-refractivity contribution in [3.63, 3.8) is 0 Å². The van der Waals surface area contributed by atoms with Gasteiger partial charge in [0.05, 0.1) is 16.4 Å². The summed E-state index contributed by atoms with van der Waals surface area (Å²) in [5.41, 5.74) is 3.36. The van der Waals surface area contributed by atoms with E-state index in [0.29, 0.717) is 10.0 Å². The Hall–Kier alpha value is -1.19. The van der Waals surface area contributed by atoms with E-state index in [9.17, 15) is 0 Å². The highest BCUT2D eigenvalue weighted by Gasteiger charge is 2.20. The van der Waals surface area contributed by atoms with Crippen molar-refractivity contribution in [2.24, 2.45) is 0 Å². The molecule has 5 heteroatoms. The fraction of sp³-hybridized carbons (Fsp3) is 0.400. The monoisotopic (exact) mass is 309 g/mol. The van der Waals surface area contributed by atoms with Gasteiger partial charge in [0.15, 0.2) is 0 Å². The Kier molecular flexibility index (Phi) is 3.90.